The lowest BCUT2D eigenvalue weighted by molar-refractivity contribution is -0.120. The van der Waals surface area contributed by atoms with Crippen LogP contribution in [0.15, 0.2) is 21.6 Å². The fourth-order valence-corrected chi connectivity index (χ4v) is 3.70. The number of carbonyl (C=O) groups is 1. The third kappa shape index (κ3) is 6.36. The third-order valence-electron chi connectivity index (χ3n) is 4.24. The number of allylic oxidation sites excluding steroid dienone is 1. The second-order valence-corrected chi connectivity index (χ2v) is 7.53. The summed E-state index contributed by atoms with van der Waals surface area (Å²) >= 11 is 1.30. The minimum atomic E-state index is -0.309. The number of hydrogen-bond acceptors (Lipinski definition) is 5. The molecule has 0 bridgehead atoms. The number of carbonyl (C=O) groups excluding carboxylic acids is 1. The quantitative estimate of drug-likeness (QED) is 0.375. The van der Waals surface area contributed by atoms with Crippen molar-refractivity contribution in [1.29, 1.82) is 0 Å². The molecule has 0 radical (unpaired) electrons. The van der Waals surface area contributed by atoms with Gasteiger partial charge in [-0.3, -0.25) is 9.36 Å². The monoisotopic (exact) mass is 368 g/mol. The zero-order valence-electron chi connectivity index (χ0n) is 15.0. The fraction of sp³-hybridized carbons (Fsp3) is 0.706. The number of ether oxygens (including phenoxy) is 1. The molecule has 7 nitrogen and oxygen atoms in total. The normalized spacial score (nSPS) is 15.7. The number of rotatable bonds is 10. The lowest BCUT2D eigenvalue weighted by Crippen LogP contribution is -2.32. The molecule has 1 aliphatic rings. The first-order valence-corrected chi connectivity index (χ1v) is 9.76. The predicted molar refractivity (Wildman–Crippen MR) is 98.8 cm³/mol. The summed E-state index contributed by atoms with van der Waals surface area (Å²) in [7, 11) is 1.63. The van der Waals surface area contributed by atoms with Crippen LogP contribution in [-0.4, -0.2) is 46.2 Å². The number of H-pyrrole nitrogens is 1. The van der Waals surface area contributed by atoms with Gasteiger partial charge >= 0.3 is 5.69 Å². The molecule has 1 atom stereocenters. The van der Waals surface area contributed by atoms with E-state index in [0.29, 0.717) is 24.9 Å². The lowest BCUT2D eigenvalue weighted by atomic mass is 9.97. The number of aromatic nitrogens is 3. The van der Waals surface area contributed by atoms with Crippen molar-refractivity contribution in [3.63, 3.8) is 0 Å². The van der Waals surface area contributed by atoms with Gasteiger partial charge in [-0.05, 0) is 45.4 Å². The molecule has 25 heavy (non-hydrogen) atoms. The van der Waals surface area contributed by atoms with Crippen LogP contribution in [0.5, 0.6) is 0 Å². The maximum absolute atomic E-state index is 12.3. The minimum absolute atomic E-state index is 0.0275. The summed E-state index contributed by atoms with van der Waals surface area (Å²) in [5.74, 6) is -0.0275. The van der Waals surface area contributed by atoms with Crippen molar-refractivity contribution in [2.45, 2.75) is 62.4 Å². The standard InChI is InChI=1S/C17H28N4O3S/c1-13(15(22)18-10-9-14-7-4-3-5-8-14)25-17-20-19-16(23)21(17)11-6-12-24-2/h7,13H,3-6,8-12H2,1-2H3,(H,18,22)(H,19,23). The van der Waals surface area contributed by atoms with Crippen molar-refractivity contribution >= 4 is 17.7 Å². The van der Waals surface area contributed by atoms with Gasteiger partial charge < -0.3 is 10.1 Å². The van der Waals surface area contributed by atoms with Crippen LogP contribution in [0.3, 0.4) is 0 Å². The van der Waals surface area contributed by atoms with E-state index in [1.54, 1.807) is 11.7 Å². The summed E-state index contributed by atoms with van der Waals surface area (Å²) in [6, 6.07) is 0. The first kappa shape index (κ1) is 19.8. The molecule has 8 heteroatoms. The van der Waals surface area contributed by atoms with E-state index in [4.69, 9.17) is 4.74 Å². The van der Waals surface area contributed by atoms with E-state index in [2.05, 4.69) is 21.6 Å². The van der Waals surface area contributed by atoms with Crippen molar-refractivity contribution in [2.24, 2.45) is 0 Å². The first-order valence-electron chi connectivity index (χ1n) is 8.88. The van der Waals surface area contributed by atoms with Gasteiger partial charge in [-0.25, -0.2) is 9.89 Å². The second kappa shape index (κ2) is 10.5. The van der Waals surface area contributed by atoms with Crippen LogP contribution < -0.4 is 11.0 Å². The van der Waals surface area contributed by atoms with E-state index in [0.717, 1.165) is 25.7 Å². The van der Waals surface area contributed by atoms with Crippen LogP contribution in [0.4, 0.5) is 0 Å². The molecule has 1 heterocycles. The highest BCUT2D eigenvalue weighted by atomic mass is 32.2. The van der Waals surface area contributed by atoms with Gasteiger partial charge in [-0.15, -0.1) is 5.10 Å². The fourth-order valence-electron chi connectivity index (χ4n) is 2.79. The Hall–Kier alpha value is -1.54. The molecule has 1 aromatic heterocycles. The highest BCUT2D eigenvalue weighted by molar-refractivity contribution is 8.00. The van der Waals surface area contributed by atoms with Crippen molar-refractivity contribution in [2.75, 3.05) is 20.3 Å². The van der Waals surface area contributed by atoms with Crippen molar-refractivity contribution in [3.8, 4) is 0 Å². The molecule has 1 aliphatic carbocycles. The molecule has 1 aromatic rings. The van der Waals surface area contributed by atoms with Crippen LogP contribution in [-0.2, 0) is 16.1 Å². The summed E-state index contributed by atoms with van der Waals surface area (Å²) < 4.78 is 6.57. The molecule has 140 valence electrons. The number of hydrogen-bond donors (Lipinski definition) is 2. The summed E-state index contributed by atoms with van der Waals surface area (Å²) in [5.41, 5.74) is 1.20. The van der Waals surface area contributed by atoms with Crippen LogP contribution >= 0.6 is 11.8 Å². The summed E-state index contributed by atoms with van der Waals surface area (Å²) in [6.07, 6.45) is 8.80. The Labute approximate surface area is 152 Å². The van der Waals surface area contributed by atoms with E-state index in [-0.39, 0.29) is 16.8 Å². The van der Waals surface area contributed by atoms with E-state index in [1.807, 2.05) is 6.92 Å². The Bertz CT molecular complexity index is 638. The van der Waals surface area contributed by atoms with E-state index in [9.17, 15) is 9.59 Å². The first-order chi connectivity index (χ1) is 12.1. The van der Waals surface area contributed by atoms with Gasteiger partial charge in [0.05, 0.1) is 5.25 Å². The topological polar surface area (TPSA) is 89.0 Å². The molecule has 1 amide bonds. The zero-order chi connectivity index (χ0) is 18.1. The molecular formula is C17H28N4O3S. The van der Waals surface area contributed by atoms with Crippen molar-refractivity contribution in [1.82, 2.24) is 20.1 Å². The highest BCUT2D eigenvalue weighted by Crippen LogP contribution is 2.21. The largest absolute Gasteiger partial charge is 0.385 e. The Morgan fingerprint density at radius 2 is 2.36 bits per heavy atom. The third-order valence-corrected chi connectivity index (χ3v) is 5.33. The van der Waals surface area contributed by atoms with Crippen LogP contribution in [0.25, 0.3) is 0 Å². The molecular weight excluding hydrogens is 340 g/mol. The van der Waals surface area contributed by atoms with Gasteiger partial charge in [-0.1, -0.05) is 23.4 Å². The predicted octanol–water partition coefficient (Wildman–Crippen LogP) is 2.10. The van der Waals surface area contributed by atoms with Gasteiger partial charge in [0.25, 0.3) is 0 Å². The number of thioether (sulfide) groups is 1. The van der Waals surface area contributed by atoms with Crippen molar-refractivity contribution in [3.05, 3.63) is 22.1 Å². The van der Waals surface area contributed by atoms with E-state index < -0.39 is 0 Å². The number of amides is 1. The molecule has 2 N–H and O–H groups in total. The summed E-state index contributed by atoms with van der Waals surface area (Å²) in [6.45, 7) is 3.59. The maximum Gasteiger partial charge on any atom is 0.343 e. The minimum Gasteiger partial charge on any atom is -0.385 e. The number of aromatic amines is 1. The number of nitrogens with zero attached hydrogens (tertiary/aromatic N) is 2. The Morgan fingerprint density at radius 3 is 3.08 bits per heavy atom. The molecule has 0 fully saturated rings. The van der Waals surface area contributed by atoms with E-state index >= 15 is 0 Å². The Kier molecular flexibility index (Phi) is 8.27. The highest BCUT2D eigenvalue weighted by Gasteiger charge is 2.18. The van der Waals surface area contributed by atoms with Crippen LogP contribution in [0.1, 0.15) is 45.4 Å². The van der Waals surface area contributed by atoms with Gasteiger partial charge in [-0.2, -0.15) is 0 Å². The molecule has 1 unspecified atom stereocenters. The molecule has 0 spiro atoms. The van der Waals surface area contributed by atoms with Gasteiger partial charge in [0, 0.05) is 26.8 Å². The molecule has 2 rings (SSSR count). The van der Waals surface area contributed by atoms with Crippen LogP contribution in [0, 0.1) is 0 Å². The average Bonchev–Trinajstić information content (AvgIpc) is 2.96. The van der Waals surface area contributed by atoms with Gasteiger partial charge in [0.2, 0.25) is 5.91 Å². The summed E-state index contributed by atoms with van der Waals surface area (Å²) in [4.78, 5) is 24.1. The number of nitrogens with one attached hydrogen (secondary N) is 2. The van der Waals surface area contributed by atoms with Gasteiger partial charge in [0.1, 0.15) is 0 Å². The Balaban J connectivity index is 1.80. The van der Waals surface area contributed by atoms with Gasteiger partial charge in [0.15, 0.2) is 5.16 Å². The van der Waals surface area contributed by atoms with Crippen molar-refractivity contribution < 1.29 is 9.53 Å². The molecule has 0 saturated carbocycles. The zero-order valence-corrected chi connectivity index (χ0v) is 15.9. The van der Waals surface area contributed by atoms with E-state index in [1.165, 1.54) is 30.2 Å². The number of methoxy groups -OCH3 is 1. The smallest absolute Gasteiger partial charge is 0.343 e. The molecule has 0 saturated heterocycles. The maximum atomic E-state index is 12.3. The second-order valence-electron chi connectivity index (χ2n) is 6.22. The lowest BCUT2D eigenvalue weighted by Gasteiger charge is -2.15. The molecule has 0 aliphatic heterocycles. The van der Waals surface area contributed by atoms with Crippen LogP contribution in [0.2, 0.25) is 0 Å². The molecule has 0 aromatic carbocycles. The SMILES string of the molecule is COCCCn1c(SC(C)C(=O)NCCC2=CCCCC2)n[nH]c1=O. The Morgan fingerprint density at radius 1 is 1.52 bits per heavy atom. The summed E-state index contributed by atoms with van der Waals surface area (Å²) in [5, 5.41) is 9.69. The average molecular weight is 369 g/mol.